The third kappa shape index (κ3) is 8.39. The van der Waals surface area contributed by atoms with Gasteiger partial charge in [-0.1, -0.05) is 237 Å². The van der Waals surface area contributed by atoms with Crippen LogP contribution in [0, 0.1) is 0 Å². The monoisotopic (exact) mass is 1150 g/mol. The number of anilines is 3. The first-order valence-electron chi connectivity index (χ1n) is 30.6. The lowest BCUT2D eigenvalue weighted by Crippen LogP contribution is -2.09. The summed E-state index contributed by atoms with van der Waals surface area (Å²) in [7, 11) is 0. The fourth-order valence-corrected chi connectivity index (χ4v) is 15.5. The van der Waals surface area contributed by atoms with E-state index in [-0.39, 0.29) is 0 Å². The molecule has 2 aromatic heterocycles. The first-order chi connectivity index (χ1) is 44.1. The standard InChI is InChI=1S/C86H54N2S/c1-2-17-55(18-3-1)56-33-42-63(43-34-56)87(65-46-37-58(38-47-65)68-29-16-32-85-86(68)76-28-13-15-31-84(76)89-85)64-44-35-57(36-45-64)59-40-49-82-79(51-59)80-54-62(77-52-60-19-4-5-20-66(60)69-22-6-10-26-73(69)77)41-50-83(80)88(82)81-30-14-12-21-67(81)61-39-48-75-72-25-8-7-23-70(72)71-24-9-11-27-74(71)78(75)53-61/h1-54H. The Hall–Kier alpha value is -11.4. The van der Waals surface area contributed by atoms with E-state index < -0.39 is 0 Å². The Morgan fingerprint density at radius 2 is 0.652 bits per heavy atom. The van der Waals surface area contributed by atoms with Gasteiger partial charge in [-0.2, -0.15) is 0 Å². The maximum Gasteiger partial charge on any atom is 0.0541 e. The zero-order valence-electron chi connectivity index (χ0n) is 48.5. The summed E-state index contributed by atoms with van der Waals surface area (Å²) >= 11 is 1.86. The second kappa shape index (κ2) is 20.7. The van der Waals surface area contributed by atoms with Gasteiger partial charge in [-0.15, -0.1) is 11.3 Å². The molecule has 0 aliphatic carbocycles. The minimum Gasteiger partial charge on any atom is -0.311 e. The number of rotatable bonds is 9. The molecule has 18 aromatic rings. The molecule has 0 spiro atoms. The SMILES string of the molecule is c1ccc(-c2ccc(N(c3ccc(-c4ccc5c(c4)c4cc(-c6cc7ccccc7c7ccccc67)ccc4n5-c4ccccc4-c4ccc5c6ccccc6c6ccccc6c5c4)cc3)c3ccc(-c4cccc5sc6ccccc6c45)cc3)cc2)cc1. The van der Waals surface area contributed by atoms with E-state index in [1.165, 1.54) is 129 Å². The molecular formula is C86H54N2S. The van der Waals surface area contributed by atoms with Gasteiger partial charge in [0.05, 0.1) is 16.7 Å². The molecule has 0 aliphatic heterocycles. The topological polar surface area (TPSA) is 8.17 Å². The van der Waals surface area contributed by atoms with Crippen molar-refractivity contribution in [3.63, 3.8) is 0 Å². The highest BCUT2D eigenvalue weighted by molar-refractivity contribution is 7.26. The Balaban J connectivity index is 0.784. The van der Waals surface area contributed by atoms with E-state index in [9.17, 15) is 0 Å². The lowest BCUT2D eigenvalue weighted by Gasteiger charge is -2.26. The van der Waals surface area contributed by atoms with Crippen LogP contribution < -0.4 is 4.90 Å². The quantitative estimate of drug-likeness (QED) is 0.131. The smallest absolute Gasteiger partial charge is 0.0541 e. The van der Waals surface area contributed by atoms with E-state index in [1.54, 1.807) is 0 Å². The summed E-state index contributed by atoms with van der Waals surface area (Å²) in [6.45, 7) is 0. The summed E-state index contributed by atoms with van der Waals surface area (Å²) in [4.78, 5) is 2.38. The van der Waals surface area contributed by atoms with Crippen molar-refractivity contribution in [2.45, 2.75) is 0 Å². The van der Waals surface area contributed by atoms with Gasteiger partial charge < -0.3 is 9.47 Å². The van der Waals surface area contributed by atoms with Crippen molar-refractivity contribution in [3.8, 4) is 61.3 Å². The molecule has 3 heteroatoms. The van der Waals surface area contributed by atoms with Crippen molar-refractivity contribution in [1.29, 1.82) is 0 Å². The highest BCUT2D eigenvalue weighted by Gasteiger charge is 2.21. The van der Waals surface area contributed by atoms with Gasteiger partial charge in [0.15, 0.2) is 0 Å². The molecule has 2 heterocycles. The van der Waals surface area contributed by atoms with Gasteiger partial charge in [-0.25, -0.2) is 0 Å². The molecule has 0 amide bonds. The number of hydrogen-bond donors (Lipinski definition) is 0. The zero-order valence-corrected chi connectivity index (χ0v) is 49.3. The van der Waals surface area contributed by atoms with Gasteiger partial charge in [-0.3, -0.25) is 0 Å². The van der Waals surface area contributed by atoms with Gasteiger partial charge >= 0.3 is 0 Å². The average molecular weight is 1150 g/mol. The average Bonchev–Trinajstić information content (AvgIpc) is 1.80. The van der Waals surface area contributed by atoms with Crippen LogP contribution in [-0.4, -0.2) is 4.57 Å². The van der Waals surface area contributed by atoms with Crippen molar-refractivity contribution in [3.05, 3.63) is 328 Å². The second-order valence-electron chi connectivity index (χ2n) is 23.5. The summed E-state index contributed by atoms with van der Waals surface area (Å²) in [5.74, 6) is 0. The maximum absolute atomic E-state index is 2.51. The first kappa shape index (κ1) is 50.9. The highest BCUT2D eigenvalue weighted by atomic mass is 32.1. The number of thiophene rings is 1. The van der Waals surface area contributed by atoms with Crippen molar-refractivity contribution in [2.24, 2.45) is 0 Å². The summed E-state index contributed by atoms with van der Waals surface area (Å²) in [6.07, 6.45) is 0. The number of nitrogens with zero attached hydrogens (tertiary/aromatic N) is 2. The summed E-state index contributed by atoms with van der Waals surface area (Å²) in [5, 5.41) is 17.7. The van der Waals surface area contributed by atoms with Crippen LogP contribution in [-0.2, 0) is 0 Å². The molecule has 0 saturated carbocycles. The number of para-hydroxylation sites is 1. The molecule has 0 unspecified atom stereocenters. The van der Waals surface area contributed by atoms with E-state index in [0.29, 0.717) is 0 Å². The molecule has 18 rings (SSSR count). The number of fused-ring (bicyclic) bond motifs is 15. The molecule has 0 radical (unpaired) electrons. The maximum atomic E-state index is 2.51. The van der Waals surface area contributed by atoms with Gasteiger partial charge in [0, 0.05) is 53.6 Å². The molecule has 0 bridgehead atoms. The fraction of sp³-hybridized carbons (Fsp3) is 0. The Morgan fingerprint density at radius 3 is 1.33 bits per heavy atom. The third-order valence-corrected chi connectivity index (χ3v) is 19.7. The summed E-state index contributed by atoms with van der Waals surface area (Å²) in [5.41, 5.74) is 18.6. The van der Waals surface area contributed by atoms with E-state index in [2.05, 4.69) is 337 Å². The van der Waals surface area contributed by atoms with Gasteiger partial charge in [0.25, 0.3) is 0 Å². The van der Waals surface area contributed by atoms with Gasteiger partial charge in [0.2, 0.25) is 0 Å². The molecular weight excluding hydrogens is 1090 g/mol. The predicted octanol–water partition coefficient (Wildman–Crippen LogP) is 24.7. The van der Waals surface area contributed by atoms with E-state index >= 15 is 0 Å². The Kier molecular flexibility index (Phi) is 11.8. The van der Waals surface area contributed by atoms with Crippen LogP contribution in [0.5, 0.6) is 0 Å². The zero-order chi connectivity index (χ0) is 58.5. The van der Waals surface area contributed by atoms with Crippen molar-refractivity contribution in [1.82, 2.24) is 4.57 Å². The fourth-order valence-electron chi connectivity index (χ4n) is 14.4. The largest absolute Gasteiger partial charge is 0.311 e. The Labute approximate surface area is 519 Å². The predicted molar refractivity (Wildman–Crippen MR) is 383 cm³/mol. The molecule has 0 saturated heterocycles. The van der Waals surface area contributed by atoms with Gasteiger partial charge in [-0.05, 0) is 195 Å². The van der Waals surface area contributed by atoms with Crippen molar-refractivity contribution in [2.75, 3.05) is 4.90 Å². The van der Waals surface area contributed by atoms with E-state index in [1.807, 2.05) is 11.3 Å². The van der Waals surface area contributed by atoms with Crippen LogP contribution in [0.3, 0.4) is 0 Å². The molecule has 0 N–H and O–H groups in total. The minimum absolute atomic E-state index is 1.08. The van der Waals surface area contributed by atoms with Crippen LogP contribution in [0.25, 0.3) is 157 Å². The van der Waals surface area contributed by atoms with E-state index in [4.69, 9.17) is 0 Å². The van der Waals surface area contributed by atoms with E-state index in [0.717, 1.165) is 44.9 Å². The third-order valence-electron chi connectivity index (χ3n) is 18.6. The normalized spacial score (nSPS) is 11.8. The molecule has 0 aliphatic rings. The lowest BCUT2D eigenvalue weighted by molar-refractivity contribution is 1.18. The van der Waals surface area contributed by atoms with Crippen LogP contribution in [0.4, 0.5) is 17.1 Å². The Morgan fingerprint density at radius 1 is 0.225 bits per heavy atom. The van der Waals surface area contributed by atoms with Crippen LogP contribution in [0.1, 0.15) is 0 Å². The van der Waals surface area contributed by atoms with Gasteiger partial charge in [0.1, 0.15) is 0 Å². The minimum atomic E-state index is 1.08. The van der Waals surface area contributed by atoms with Crippen molar-refractivity contribution >= 4 is 124 Å². The molecule has 89 heavy (non-hydrogen) atoms. The molecule has 2 nitrogen and oxygen atoms in total. The molecule has 414 valence electrons. The number of benzene rings is 16. The number of aromatic nitrogens is 1. The summed E-state index contributed by atoms with van der Waals surface area (Å²) < 4.78 is 5.13. The second-order valence-corrected chi connectivity index (χ2v) is 24.6. The lowest BCUT2D eigenvalue weighted by atomic mass is 9.91. The Bertz CT molecular complexity index is 5800. The molecule has 16 aromatic carbocycles. The number of hydrogen-bond acceptors (Lipinski definition) is 2. The van der Waals surface area contributed by atoms with Crippen LogP contribution in [0.2, 0.25) is 0 Å². The van der Waals surface area contributed by atoms with Crippen molar-refractivity contribution < 1.29 is 0 Å². The highest BCUT2D eigenvalue weighted by Crippen LogP contribution is 2.46. The van der Waals surface area contributed by atoms with Crippen LogP contribution in [0.15, 0.2) is 328 Å². The molecule has 0 fully saturated rings. The summed E-state index contributed by atoms with van der Waals surface area (Å²) in [6, 6.07) is 121. The van der Waals surface area contributed by atoms with Crippen LogP contribution >= 0.6 is 11.3 Å². The molecule has 0 atom stereocenters. The first-order valence-corrected chi connectivity index (χ1v) is 31.4.